The predicted octanol–water partition coefficient (Wildman–Crippen LogP) is 3.27. The normalized spacial score (nSPS) is 13.8. The van der Waals surface area contributed by atoms with Gasteiger partial charge in [-0.25, -0.2) is 0 Å². The zero-order valence-electron chi connectivity index (χ0n) is 10.4. The van der Waals surface area contributed by atoms with Gasteiger partial charge in [-0.1, -0.05) is 36.4 Å². The van der Waals surface area contributed by atoms with Crippen LogP contribution in [0.3, 0.4) is 0 Å². The summed E-state index contributed by atoms with van der Waals surface area (Å²) in [6.45, 7) is 0.277. The molecule has 0 bridgehead atoms. The van der Waals surface area contributed by atoms with E-state index in [1.165, 1.54) is 0 Å². The fraction of sp³-hybridized carbons (Fsp3) is 0.188. The first-order chi connectivity index (χ1) is 9.36. The summed E-state index contributed by atoms with van der Waals surface area (Å²) >= 11 is 0. The van der Waals surface area contributed by atoms with Crippen LogP contribution < -0.4 is 9.47 Å². The molecule has 0 saturated heterocycles. The Morgan fingerprint density at radius 2 is 1.84 bits per heavy atom. The Morgan fingerprint density at radius 3 is 2.63 bits per heavy atom. The molecule has 1 atom stereocenters. The van der Waals surface area contributed by atoms with Crippen molar-refractivity contribution < 1.29 is 9.47 Å². The second kappa shape index (κ2) is 5.03. The van der Waals surface area contributed by atoms with Crippen molar-refractivity contribution in [1.82, 2.24) is 0 Å². The molecule has 1 aliphatic rings. The third-order valence-electron chi connectivity index (χ3n) is 3.23. The van der Waals surface area contributed by atoms with Crippen molar-refractivity contribution >= 4 is 0 Å². The van der Waals surface area contributed by atoms with Gasteiger partial charge in [0.2, 0.25) is 6.79 Å². The molecule has 2 aromatic carbocycles. The number of ether oxygens (including phenoxy) is 2. The monoisotopic (exact) mass is 251 g/mol. The number of benzene rings is 2. The van der Waals surface area contributed by atoms with Gasteiger partial charge in [0, 0.05) is 0 Å². The predicted molar refractivity (Wildman–Crippen MR) is 71.1 cm³/mol. The molecular weight excluding hydrogens is 238 g/mol. The quantitative estimate of drug-likeness (QED) is 0.840. The molecule has 1 unspecified atom stereocenters. The van der Waals surface area contributed by atoms with Crippen LogP contribution in [0.25, 0.3) is 0 Å². The Morgan fingerprint density at radius 1 is 1.05 bits per heavy atom. The van der Waals surface area contributed by atoms with Crippen LogP contribution in [0.5, 0.6) is 11.5 Å². The summed E-state index contributed by atoms with van der Waals surface area (Å²) in [7, 11) is 0. The number of rotatable bonds is 3. The van der Waals surface area contributed by atoms with Crippen molar-refractivity contribution in [2.24, 2.45) is 0 Å². The van der Waals surface area contributed by atoms with Gasteiger partial charge < -0.3 is 9.47 Å². The van der Waals surface area contributed by atoms with Gasteiger partial charge in [0.1, 0.15) is 0 Å². The minimum absolute atomic E-state index is 0.137. The molecule has 2 aromatic rings. The highest BCUT2D eigenvalue weighted by molar-refractivity contribution is 5.45. The number of nitriles is 1. The van der Waals surface area contributed by atoms with Gasteiger partial charge in [0.25, 0.3) is 0 Å². The van der Waals surface area contributed by atoms with Crippen molar-refractivity contribution in [2.75, 3.05) is 6.79 Å². The molecular formula is C16H13NO2. The first kappa shape index (κ1) is 11.6. The number of hydrogen-bond donors (Lipinski definition) is 0. The van der Waals surface area contributed by atoms with Gasteiger partial charge in [-0.2, -0.15) is 5.26 Å². The van der Waals surface area contributed by atoms with E-state index in [9.17, 15) is 5.26 Å². The number of hydrogen-bond acceptors (Lipinski definition) is 3. The summed E-state index contributed by atoms with van der Waals surface area (Å²) < 4.78 is 10.6. The van der Waals surface area contributed by atoms with E-state index in [1.54, 1.807) is 0 Å². The highest BCUT2D eigenvalue weighted by Crippen LogP contribution is 2.33. The molecule has 0 amide bonds. The number of fused-ring (bicyclic) bond motifs is 1. The van der Waals surface area contributed by atoms with E-state index in [0.717, 1.165) is 22.6 Å². The molecule has 1 heterocycles. The molecule has 0 aliphatic carbocycles. The van der Waals surface area contributed by atoms with E-state index >= 15 is 0 Å². The van der Waals surface area contributed by atoms with E-state index < -0.39 is 0 Å². The first-order valence-corrected chi connectivity index (χ1v) is 6.20. The Hall–Kier alpha value is -2.47. The van der Waals surface area contributed by atoms with E-state index in [-0.39, 0.29) is 12.7 Å². The second-order valence-corrected chi connectivity index (χ2v) is 4.48. The minimum Gasteiger partial charge on any atom is -0.454 e. The highest BCUT2D eigenvalue weighted by atomic mass is 16.7. The van der Waals surface area contributed by atoms with E-state index in [2.05, 4.69) is 6.07 Å². The lowest BCUT2D eigenvalue weighted by Gasteiger charge is -2.09. The Bertz CT molecular complexity index is 616. The second-order valence-electron chi connectivity index (χ2n) is 4.48. The van der Waals surface area contributed by atoms with Crippen molar-refractivity contribution in [3.05, 3.63) is 59.7 Å². The lowest BCUT2D eigenvalue weighted by atomic mass is 9.93. The molecule has 0 aromatic heterocycles. The summed E-state index contributed by atoms with van der Waals surface area (Å²) in [5.41, 5.74) is 2.13. The SMILES string of the molecule is N#CC(Cc1ccc2c(c1)OCO2)c1ccccc1. The van der Waals surface area contributed by atoms with E-state index in [4.69, 9.17) is 9.47 Å². The zero-order valence-corrected chi connectivity index (χ0v) is 10.4. The summed E-state index contributed by atoms with van der Waals surface area (Å²) in [4.78, 5) is 0. The van der Waals surface area contributed by atoms with Gasteiger partial charge in [0.15, 0.2) is 11.5 Å². The van der Waals surface area contributed by atoms with Crippen LogP contribution in [0, 0.1) is 11.3 Å². The Balaban J connectivity index is 1.82. The first-order valence-electron chi connectivity index (χ1n) is 6.20. The summed E-state index contributed by atoms with van der Waals surface area (Å²) in [5, 5.41) is 9.33. The molecule has 0 saturated carbocycles. The molecule has 0 N–H and O–H groups in total. The maximum absolute atomic E-state index is 9.33. The maximum Gasteiger partial charge on any atom is 0.231 e. The molecule has 0 fully saturated rings. The Labute approximate surface area is 112 Å². The third-order valence-corrected chi connectivity index (χ3v) is 3.23. The van der Waals surface area contributed by atoms with Gasteiger partial charge in [-0.15, -0.1) is 0 Å². The Kier molecular flexibility index (Phi) is 3.07. The fourth-order valence-corrected chi connectivity index (χ4v) is 2.23. The highest BCUT2D eigenvalue weighted by Gasteiger charge is 2.16. The average molecular weight is 251 g/mol. The van der Waals surface area contributed by atoms with Gasteiger partial charge in [0.05, 0.1) is 12.0 Å². The minimum atomic E-state index is -0.137. The summed E-state index contributed by atoms with van der Waals surface area (Å²) in [6.07, 6.45) is 0.678. The molecule has 3 rings (SSSR count). The van der Waals surface area contributed by atoms with Crippen molar-refractivity contribution in [3.63, 3.8) is 0 Å². The van der Waals surface area contributed by atoms with Gasteiger partial charge in [-0.3, -0.25) is 0 Å². The molecule has 94 valence electrons. The smallest absolute Gasteiger partial charge is 0.231 e. The third kappa shape index (κ3) is 2.38. The molecule has 3 nitrogen and oxygen atoms in total. The van der Waals surface area contributed by atoms with Crippen LogP contribution in [0.1, 0.15) is 17.0 Å². The van der Waals surface area contributed by atoms with Crippen LogP contribution in [-0.4, -0.2) is 6.79 Å². The lowest BCUT2D eigenvalue weighted by molar-refractivity contribution is 0.174. The van der Waals surface area contributed by atoms with Crippen molar-refractivity contribution in [3.8, 4) is 17.6 Å². The molecule has 0 radical (unpaired) electrons. The maximum atomic E-state index is 9.33. The molecule has 19 heavy (non-hydrogen) atoms. The molecule has 0 spiro atoms. The average Bonchev–Trinajstić information content (AvgIpc) is 2.93. The van der Waals surface area contributed by atoms with Crippen LogP contribution >= 0.6 is 0 Å². The van der Waals surface area contributed by atoms with Gasteiger partial charge >= 0.3 is 0 Å². The topological polar surface area (TPSA) is 42.2 Å². The standard InChI is InChI=1S/C16H13NO2/c17-10-14(13-4-2-1-3-5-13)8-12-6-7-15-16(9-12)19-11-18-15/h1-7,9,14H,8,11H2. The molecule has 1 aliphatic heterocycles. The summed E-state index contributed by atoms with van der Waals surface area (Å²) in [6, 6.07) is 18.0. The van der Waals surface area contributed by atoms with Crippen LogP contribution in [0.4, 0.5) is 0 Å². The zero-order chi connectivity index (χ0) is 13.1. The van der Waals surface area contributed by atoms with Gasteiger partial charge in [-0.05, 0) is 29.7 Å². The van der Waals surface area contributed by atoms with E-state index in [0.29, 0.717) is 6.42 Å². The van der Waals surface area contributed by atoms with Crippen LogP contribution in [0.2, 0.25) is 0 Å². The lowest BCUT2D eigenvalue weighted by Crippen LogP contribution is -2.00. The number of nitrogens with zero attached hydrogens (tertiary/aromatic N) is 1. The largest absolute Gasteiger partial charge is 0.454 e. The fourth-order valence-electron chi connectivity index (χ4n) is 2.23. The van der Waals surface area contributed by atoms with Crippen molar-refractivity contribution in [2.45, 2.75) is 12.3 Å². The summed E-state index contributed by atoms with van der Waals surface area (Å²) in [5.74, 6) is 1.40. The van der Waals surface area contributed by atoms with Crippen molar-refractivity contribution in [1.29, 1.82) is 5.26 Å². The van der Waals surface area contributed by atoms with Crippen LogP contribution in [0.15, 0.2) is 48.5 Å². The van der Waals surface area contributed by atoms with E-state index in [1.807, 2.05) is 48.5 Å². The molecule has 3 heteroatoms. The van der Waals surface area contributed by atoms with Crippen LogP contribution in [-0.2, 0) is 6.42 Å².